The molecule has 2 fully saturated rings. The molecule has 0 radical (unpaired) electrons. The molecule has 0 aliphatic carbocycles. The molecule has 2 N–H and O–H groups in total. The number of nitrogens with zero attached hydrogens (tertiary/aromatic N) is 4. The van der Waals surface area contributed by atoms with E-state index < -0.39 is 0 Å². The highest BCUT2D eigenvalue weighted by molar-refractivity contribution is 6.39. The van der Waals surface area contributed by atoms with Crippen LogP contribution >= 0.6 is 34.8 Å². The number of methoxy groups -OCH3 is 1. The molecule has 4 aromatic rings. The first-order valence-corrected chi connectivity index (χ1v) is 19.1. The molecule has 0 saturated carbocycles. The lowest BCUT2D eigenvalue weighted by Gasteiger charge is -2.36. The van der Waals surface area contributed by atoms with Gasteiger partial charge in [0.1, 0.15) is 0 Å². The van der Waals surface area contributed by atoms with E-state index in [0.29, 0.717) is 52.7 Å². The minimum absolute atomic E-state index is 0.102. The Morgan fingerprint density at radius 2 is 1.77 bits per heavy atom. The lowest BCUT2D eigenvalue weighted by Crippen LogP contribution is -2.41. The Morgan fingerprint density at radius 3 is 2.52 bits per heavy atom. The zero-order valence-electron chi connectivity index (χ0n) is 29.5. The number of aromatic nitrogens is 2. The fourth-order valence-corrected chi connectivity index (χ4v) is 8.64. The lowest BCUT2D eigenvalue weighted by molar-refractivity contribution is -0.130. The van der Waals surface area contributed by atoms with E-state index in [9.17, 15) is 9.59 Å². The Hall–Kier alpha value is -3.73. The number of pyridine rings is 2. The van der Waals surface area contributed by atoms with Gasteiger partial charge in [-0.3, -0.25) is 19.5 Å². The summed E-state index contributed by atoms with van der Waals surface area (Å²) >= 11 is 21.3. The number of piperidine rings is 1. The lowest BCUT2D eigenvalue weighted by atomic mass is 9.92. The number of likely N-dealkylation sites (tertiary alicyclic amines) is 1. The molecule has 9 nitrogen and oxygen atoms in total. The third-order valence-electron chi connectivity index (χ3n) is 10.6. The van der Waals surface area contributed by atoms with Crippen LogP contribution in [0, 0.1) is 5.92 Å². The molecule has 2 aromatic carbocycles. The highest BCUT2D eigenvalue weighted by atomic mass is 35.5. The minimum atomic E-state index is 0.102. The molecule has 52 heavy (non-hydrogen) atoms. The van der Waals surface area contributed by atoms with Crippen LogP contribution in [0.4, 0.5) is 0 Å². The van der Waals surface area contributed by atoms with E-state index in [1.54, 1.807) is 20.2 Å². The minimum Gasteiger partial charge on any atom is -0.481 e. The largest absolute Gasteiger partial charge is 0.481 e. The van der Waals surface area contributed by atoms with Gasteiger partial charge in [-0.15, -0.1) is 0 Å². The molecule has 0 bridgehead atoms. The van der Waals surface area contributed by atoms with Crippen molar-refractivity contribution >= 4 is 46.6 Å². The third kappa shape index (κ3) is 7.94. The molecule has 1 atom stereocenters. The molecular weight excluding hydrogens is 719 g/mol. The highest BCUT2D eigenvalue weighted by Gasteiger charge is 2.27. The van der Waals surface area contributed by atoms with Gasteiger partial charge in [-0.2, -0.15) is 0 Å². The summed E-state index contributed by atoms with van der Waals surface area (Å²) in [5.74, 6) is 1.37. The predicted molar refractivity (Wildman–Crippen MR) is 207 cm³/mol. The molecule has 3 aliphatic heterocycles. The molecule has 272 valence electrons. The number of carbonyl (C=O) groups is 2. The van der Waals surface area contributed by atoms with Crippen molar-refractivity contribution < 1.29 is 14.3 Å². The van der Waals surface area contributed by atoms with Crippen molar-refractivity contribution in [3.05, 3.63) is 86.5 Å². The van der Waals surface area contributed by atoms with Gasteiger partial charge in [-0.1, -0.05) is 59.1 Å². The first-order chi connectivity index (χ1) is 25.2. The fourth-order valence-electron chi connectivity index (χ4n) is 7.70. The zero-order valence-corrected chi connectivity index (χ0v) is 31.8. The molecule has 0 unspecified atom stereocenters. The summed E-state index contributed by atoms with van der Waals surface area (Å²) in [6, 6.07) is 15.9. The number of amides is 2. The van der Waals surface area contributed by atoms with Crippen molar-refractivity contribution in [2.24, 2.45) is 5.92 Å². The Bertz CT molecular complexity index is 1980. The van der Waals surface area contributed by atoms with E-state index in [0.717, 1.165) is 96.8 Å². The number of halogens is 3. The van der Waals surface area contributed by atoms with Gasteiger partial charge in [-0.05, 0) is 67.0 Å². The Morgan fingerprint density at radius 1 is 0.981 bits per heavy atom. The number of nitrogens with one attached hydrogen (secondary N) is 2. The van der Waals surface area contributed by atoms with E-state index in [2.05, 4.69) is 21.6 Å². The molecule has 2 amide bonds. The van der Waals surface area contributed by atoms with Crippen molar-refractivity contribution in [1.29, 1.82) is 0 Å². The molecule has 0 spiro atoms. The van der Waals surface area contributed by atoms with Gasteiger partial charge in [0.15, 0.2) is 0 Å². The maximum absolute atomic E-state index is 11.7. The maximum atomic E-state index is 11.7. The van der Waals surface area contributed by atoms with Gasteiger partial charge in [0, 0.05) is 104 Å². The molecule has 7 rings (SSSR count). The number of hydrogen-bond acceptors (Lipinski definition) is 7. The van der Waals surface area contributed by atoms with Gasteiger partial charge in [0.05, 0.1) is 28.5 Å². The standard InChI is InChI=1S/C40H43Cl3N6O3/c1-24(50)49-16-11-25(12-17-49)22-48-15-13-26-18-28(19-34(41)33(26)23-48)39-38(43)31(10-14-45-39)30-4-3-5-32(37(30)42)35-8-6-27(40(47-35)52-2)20-44-21-29-7-9-36(51)46-29/h3-6,8,10,14,18-19,25,29,44H,7,9,11-13,15-17,20-23H2,1-2H3,(H,46,51)/t29-/m1/s1. The van der Waals surface area contributed by atoms with E-state index in [1.807, 2.05) is 47.4 Å². The summed E-state index contributed by atoms with van der Waals surface area (Å²) in [4.78, 5) is 37.2. The summed E-state index contributed by atoms with van der Waals surface area (Å²) < 4.78 is 5.67. The predicted octanol–water partition coefficient (Wildman–Crippen LogP) is 7.43. The van der Waals surface area contributed by atoms with Crippen LogP contribution in [0.3, 0.4) is 0 Å². The summed E-state index contributed by atoms with van der Waals surface area (Å²) in [6.45, 7) is 7.37. The van der Waals surface area contributed by atoms with Crippen LogP contribution < -0.4 is 15.4 Å². The first-order valence-electron chi connectivity index (χ1n) is 18.0. The monoisotopic (exact) mass is 760 g/mol. The van der Waals surface area contributed by atoms with Gasteiger partial charge in [0.25, 0.3) is 0 Å². The SMILES string of the molecule is COc1nc(-c2cccc(-c3ccnc(-c4cc(Cl)c5c(c4)CCN(CC4CCN(C(C)=O)CC4)C5)c3Cl)c2Cl)ccc1CNC[C@H]1CCC(=O)N1. The second-order valence-corrected chi connectivity index (χ2v) is 15.2. The van der Waals surface area contributed by atoms with Crippen LogP contribution in [0.25, 0.3) is 33.6 Å². The van der Waals surface area contributed by atoms with E-state index >= 15 is 0 Å². The molecule has 3 aliphatic rings. The van der Waals surface area contributed by atoms with Gasteiger partial charge < -0.3 is 20.3 Å². The van der Waals surface area contributed by atoms with Crippen LogP contribution in [-0.2, 0) is 29.1 Å². The van der Waals surface area contributed by atoms with Gasteiger partial charge in [-0.25, -0.2) is 4.98 Å². The number of hydrogen-bond donors (Lipinski definition) is 2. The van der Waals surface area contributed by atoms with Crippen LogP contribution in [-0.4, -0.2) is 77.5 Å². The molecule has 2 saturated heterocycles. The Balaban J connectivity index is 1.08. The van der Waals surface area contributed by atoms with Crippen LogP contribution in [0.1, 0.15) is 49.3 Å². The van der Waals surface area contributed by atoms with Crippen LogP contribution in [0.2, 0.25) is 15.1 Å². The smallest absolute Gasteiger partial charge is 0.220 e. The van der Waals surface area contributed by atoms with E-state index in [4.69, 9.17) is 49.5 Å². The van der Waals surface area contributed by atoms with E-state index in [-0.39, 0.29) is 17.9 Å². The van der Waals surface area contributed by atoms with Crippen LogP contribution in [0.15, 0.2) is 54.7 Å². The van der Waals surface area contributed by atoms with Gasteiger partial charge in [0.2, 0.25) is 17.7 Å². The first kappa shape index (κ1) is 36.6. The number of carbonyl (C=O) groups excluding carboxylic acids is 2. The number of fused-ring (bicyclic) bond motifs is 1. The Labute approximate surface area is 320 Å². The van der Waals surface area contributed by atoms with Crippen molar-refractivity contribution in [3.63, 3.8) is 0 Å². The number of benzene rings is 2. The average Bonchev–Trinajstić information content (AvgIpc) is 3.57. The topological polar surface area (TPSA) is 99.7 Å². The van der Waals surface area contributed by atoms with Gasteiger partial charge >= 0.3 is 0 Å². The second kappa shape index (κ2) is 16.1. The van der Waals surface area contributed by atoms with Crippen molar-refractivity contribution in [2.75, 3.05) is 39.8 Å². The quantitative estimate of drug-likeness (QED) is 0.174. The Kier molecular flexibility index (Phi) is 11.3. The summed E-state index contributed by atoms with van der Waals surface area (Å²) in [5, 5.41) is 8.12. The molecular formula is C40H43Cl3N6O3. The maximum Gasteiger partial charge on any atom is 0.220 e. The van der Waals surface area contributed by atoms with Crippen LogP contribution in [0.5, 0.6) is 5.88 Å². The summed E-state index contributed by atoms with van der Waals surface area (Å²) in [5.41, 5.74) is 7.78. The second-order valence-electron chi connectivity index (χ2n) is 14.0. The summed E-state index contributed by atoms with van der Waals surface area (Å²) in [6.07, 6.45) is 6.15. The van der Waals surface area contributed by atoms with Crippen molar-refractivity contribution in [1.82, 2.24) is 30.4 Å². The molecule has 2 aromatic heterocycles. The average molecular weight is 762 g/mol. The zero-order chi connectivity index (χ0) is 36.4. The number of rotatable bonds is 10. The third-order valence-corrected chi connectivity index (χ3v) is 11.7. The van der Waals surface area contributed by atoms with Crippen molar-refractivity contribution in [3.8, 4) is 39.5 Å². The summed E-state index contributed by atoms with van der Waals surface area (Å²) in [7, 11) is 1.61. The fraction of sp³-hybridized carbons (Fsp3) is 0.400. The normalized spacial score (nSPS) is 18.0. The number of ether oxygens (including phenoxy) is 1. The van der Waals surface area contributed by atoms with E-state index in [1.165, 1.54) is 5.56 Å². The highest BCUT2D eigenvalue weighted by Crippen LogP contribution is 2.43. The molecule has 12 heteroatoms. The molecule has 5 heterocycles. The van der Waals surface area contributed by atoms with Crippen molar-refractivity contribution in [2.45, 2.75) is 58.2 Å².